The number of H-pyrrole nitrogens is 1. The lowest BCUT2D eigenvalue weighted by Gasteiger charge is -2.31. The van der Waals surface area contributed by atoms with Crippen molar-refractivity contribution in [3.63, 3.8) is 0 Å². The number of aromatic amines is 1. The predicted octanol–water partition coefficient (Wildman–Crippen LogP) is 16.8. The summed E-state index contributed by atoms with van der Waals surface area (Å²) in [4.78, 5) is 43.2. The van der Waals surface area contributed by atoms with Gasteiger partial charge in [0.05, 0.1) is 98.7 Å². The summed E-state index contributed by atoms with van der Waals surface area (Å²) in [6, 6.07) is 13.1. The minimum atomic E-state index is -0.739. The lowest BCUT2D eigenvalue weighted by molar-refractivity contribution is -0.135. The van der Waals surface area contributed by atoms with Crippen LogP contribution in [0.4, 0.5) is 40.8 Å². The zero-order valence-corrected chi connectivity index (χ0v) is 68.7. The second-order valence-electron chi connectivity index (χ2n) is 27.0. The van der Waals surface area contributed by atoms with Gasteiger partial charge in [0.1, 0.15) is 54.3 Å². The highest BCUT2D eigenvalue weighted by molar-refractivity contribution is 6.38. The molecule has 28 nitrogen and oxygen atoms in total. The number of carbonyl (C=O) groups is 1. The number of nitrogens with two attached hydrogens (primary N) is 4. The fraction of sp³-hybridized carbons (Fsp3) is 0.299. The molecule has 15 rings (SSSR count). The van der Waals surface area contributed by atoms with Gasteiger partial charge in [-0.15, -0.1) is 0 Å². The summed E-state index contributed by atoms with van der Waals surface area (Å²) in [6.07, 6.45) is 22.3. The van der Waals surface area contributed by atoms with Crippen molar-refractivity contribution in [1.29, 1.82) is 0 Å². The zero-order chi connectivity index (χ0) is 83.5. The summed E-state index contributed by atoms with van der Waals surface area (Å²) in [5.41, 5.74) is 30.6. The summed E-state index contributed by atoms with van der Waals surface area (Å²) in [5, 5.41) is 36.4. The summed E-state index contributed by atoms with van der Waals surface area (Å²) in [6.45, 7) is 11.2. The molecule has 0 spiro atoms. The van der Waals surface area contributed by atoms with E-state index in [1.54, 1.807) is 82.0 Å². The Morgan fingerprint density at radius 2 is 0.829 bits per heavy atom. The number of aliphatic hydroxyl groups excluding tert-OH is 1. The van der Waals surface area contributed by atoms with E-state index in [2.05, 4.69) is 71.0 Å². The molecule has 1 amide bonds. The van der Waals surface area contributed by atoms with Crippen LogP contribution in [0.1, 0.15) is 125 Å². The van der Waals surface area contributed by atoms with E-state index in [1.165, 1.54) is 60.9 Å². The van der Waals surface area contributed by atoms with E-state index in [4.69, 9.17) is 140 Å². The van der Waals surface area contributed by atoms with E-state index < -0.39 is 54.3 Å². The number of nitrogens with zero attached hydrogens (tertiary/aromatic N) is 15. The molecule has 0 radical (unpaired) electrons. The third kappa shape index (κ3) is 20.7. The highest BCUT2D eigenvalue weighted by Gasteiger charge is 2.29. The minimum absolute atomic E-state index is 0.0602. The Morgan fingerprint density at radius 3 is 1.23 bits per heavy atom. The monoisotopic (exact) mass is 1760 g/mol. The van der Waals surface area contributed by atoms with Gasteiger partial charge >= 0.3 is 0 Å². The van der Waals surface area contributed by atoms with E-state index in [9.17, 15) is 22.4 Å². The van der Waals surface area contributed by atoms with Crippen molar-refractivity contribution in [3.05, 3.63) is 215 Å². The maximum Gasteiger partial charge on any atom is 0.258 e. The van der Waals surface area contributed by atoms with Crippen LogP contribution in [0.2, 0.25) is 40.2 Å². The topological polar surface area (TPSA) is 378 Å². The van der Waals surface area contributed by atoms with Gasteiger partial charge in [0.25, 0.3) is 17.6 Å². The quantitative estimate of drug-likeness (QED) is 0.0259. The molecule has 0 saturated carbocycles. The molecule has 0 bridgehead atoms. The lowest BCUT2D eigenvalue weighted by Crippen LogP contribution is -2.40. The number of nitrogen functional groups attached to an aromatic ring is 4. The van der Waals surface area contributed by atoms with Crippen LogP contribution < -0.4 is 52.5 Å². The highest BCUT2D eigenvalue weighted by atomic mass is 35.5. The molecule has 4 aromatic carbocycles. The molecule has 3 aliphatic heterocycles. The average molecular weight is 1770 g/mol. The first kappa shape index (κ1) is 86.2. The third-order valence-corrected chi connectivity index (χ3v) is 22.1. The number of aliphatic hydroxyl groups is 1. The van der Waals surface area contributed by atoms with Gasteiger partial charge in [-0.1, -0.05) is 92.8 Å². The van der Waals surface area contributed by atoms with Crippen LogP contribution in [0.3, 0.4) is 0 Å². The summed E-state index contributed by atoms with van der Waals surface area (Å²) < 4.78 is 84.5. The average Bonchev–Trinajstić information content (AvgIpc) is 1.79. The number of halogens is 12. The van der Waals surface area contributed by atoms with Gasteiger partial charge in [0.2, 0.25) is 5.91 Å². The first-order valence-corrected chi connectivity index (χ1v) is 39.4. The minimum Gasteiger partial charge on any atom is -0.482 e. The molecule has 0 aliphatic carbocycles. The SMILES string of the molecule is CC(Oc1cc(-c2cnn(C3CCNC3)c2)cnc1N)c1c(Cl)ccc(F)c1Cl.CC(Oc1nc(-c2cn[nH]c2)cnc1N)c1c(Cl)ccc(F)c1Cl.CC(Oc1nc(-c2cnn(C3CCN(C(=O)CO)CC3)c2)cnc1N)c1c(Cl)ccc(F)c1Cl.CC(Oc1nc(-c2cnn(C3CCNCC3)c2)cnc1N)c1c(Cl)ccc(F)c1Cl. The summed E-state index contributed by atoms with van der Waals surface area (Å²) in [5.74, 6) is -1.47. The van der Waals surface area contributed by atoms with E-state index >= 15 is 0 Å². The molecule has 3 aliphatic rings. The van der Waals surface area contributed by atoms with Crippen molar-refractivity contribution in [2.45, 2.75) is 102 Å². The van der Waals surface area contributed by atoms with Crippen LogP contribution in [0, 0.1) is 23.3 Å². The number of carbonyl (C=O) groups excluding carboxylic acids is 1. The van der Waals surface area contributed by atoms with Crippen molar-refractivity contribution in [1.82, 2.24) is 90.0 Å². The van der Waals surface area contributed by atoms with Crippen LogP contribution in [0.15, 0.2) is 129 Å². The van der Waals surface area contributed by atoms with Crippen molar-refractivity contribution >= 4 is 122 Å². The Morgan fingerprint density at radius 1 is 0.462 bits per heavy atom. The molecule has 12 N–H and O–H groups in total. The first-order valence-electron chi connectivity index (χ1n) is 36.4. The number of hydrogen-bond donors (Lipinski definition) is 8. The molecule has 5 atom stereocenters. The van der Waals surface area contributed by atoms with E-state index in [0.29, 0.717) is 80.3 Å². The van der Waals surface area contributed by atoms with Crippen molar-refractivity contribution in [2.24, 2.45) is 0 Å². The van der Waals surface area contributed by atoms with E-state index in [-0.39, 0.29) is 88.6 Å². The molecular weight excluding hydrogens is 1690 g/mol. The zero-order valence-electron chi connectivity index (χ0n) is 62.7. The standard InChI is InChI=1S/C22H23Cl2FN6O3.C20H21Cl2FN6O.C20H20Cl2FN5O.C15H12Cl2FN5O/c1-12(19-15(23)2-3-16(25)20(19)24)34-22-21(26)27-9-17(29-22)13-8-28-31(10-13)14-4-6-30(7-5-14)18(33)11-32;1-11(17-14(21)2-3-15(23)18(17)22)30-20-19(24)26-9-16(28-20)12-8-27-29(10-12)13-4-6-25-7-5-13;1-11(18-15(21)2-3-16(23)19(18)22)29-17-6-12(7-26-20(17)24)13-8-27-28(10-13)14-4-5-25-9-14;1-7(12-9(16)2-3-10(18)13(12)17)24-15-14(19)20-6-11(23-15)8-4-21-22-5-8/h2-3,8-10,12,14,32H,4-7,11H2,1H3,(H2,26,27);2-3,8-11,13,25H,4-7H2,1H3,(H2,24,26);2-3,6-8,10-11,14,25H,4-5,9H2,1H3,(H2,24,26);2-7H,1H3,(H2,19,20)(H,21,22). The number of hydrogen-bond acceptors (Lipinski definition) is 23. The molecule has 11 heterocycles. The van der Waals surface area contributed by atoms with E-state index in [0.717, 1.165) is 80.5 Å². The second kappa shape index (κ2) is 39.0. The molecule has 3 fully saturated rings. The molecule has 614 valence electrons. The number of nitrogens with one attached hydrogen (secondary N) is 3. The van der Waals surface area contributed by atoms with Gasteiger partial charge in [-0.3, -0.25) is 23.9 Å². The molecule has 5 unspecified atom stereocenters. The smallest absolute Gasteiger partial charge is 0.258 e. The molecular formula is C77H76Cl8F4N22O6. The molecule has 40 heteroatoms. The highest BCUT2D eigenvalue weighted by Crippen LogP contribution is 2.42. The number of rotatable bonds is 20. The fourth-order valence-electron chi connectivity index (χ4n) is 13.0. The van der Waals surface area contributed by atoms with Crippen molar-refractivity contribution < 1.29 is 46.4 Å². The van der Waals surface area contributed by atoms with Crippen LogP contribution in [-0.4, -0.2) is 136 Å². The second-order valence-corrected chi connectivity index (χ2v) is 30.2. The number of anilines is 4. The Bertz CT molecular complexity index is 5490. The number of piperidine rings is 2. The molecule has 8 aromatic heterocycles. The molecule has 3 saturated heterocycles. The number of likely N-dealkylation sites (tertiary alicyclic amines) is 1. The maximum atomic E-state index is 13.9. The largest absolute Gasteiger partial charge is 0.482 e. The Labute approximate surface area is 707 Å². The van der Waals surface area contributed by atoms with Crippen LogP contribution in [0.5, 0.6) is 23.4 Å². The first-order chi connectivity index (χ1) is 56.1. The van der Waals surface area contributed by atoms with Gasteiger partial charge in [-0.05, 0) is 134 Å². The molecule has 12 aromatic rings. The Hall–Kier alpha value is -10.1. The van der Waals surface area contributed by atoms with Crippen LogP contribution in [-0.2, 0) is 4.79 Å². The summed E-state index contributed by atoms with van der Waals surface area (Å²) >= 11 is 48.9. The van der Waals surface area contributed by atoms with Gasteiger partial charge in [0.15, 0.2) is 29.0 Å². The number of benzene rings is 4. The summed E-state index contributed by atoms with van der Waals surface area (Å²) in [7, 11) is 0. The van der Waals surface area contributed by atoms with Gasteiger partial charge in [0, 0.05) is 121 Å². The van der Waals surface area contributed by atoms with Crippen molar-refractivity contribution in [3.8, 4) is 68.3 Å². The number of amides is 1. The normalized spacial score (nSPS) is 15.4. The predicted molar refractivity (Wildman–Crippen MR) is 441 cm³/mol. The number of aromatic nitrogens is 15. The Balaban J connectivity index is 0.000000145. The van der Waals surface area contributed by atoms with Crippen molar-refractivity contribution in [2.75, 3.05) is 68.8 Å². The third-order valence-electron chi connectivity index (χ3n) is 19.2. The van der Waals surface area contributed by atoms with Gasteiger partial charge in [-0.25, -0.2) is 52.4 Å². The molecule has 117 heavy (non-hydrogen) atoms. The van der Waals surface area contributed by atoms with Crippen LogP contribution >= 0.6 is 92.8 Å². The van der Waals surface area contributed by atoms with Crippen LogP contribution in [0.25, 0.3) is 44.9 Å². The fourth-order valence-corrected chi connectivity index (χ4v) is 15.7. The van der Waals surface area contributed by atoms with Gasteiger partial charge in [-0.2, -0.15) is 20.4 Å². The number of ether oxygens (including phenoxy) is 4. The maximum absolute atomic E-state index is 13.9. The lowest BCUT2D eigenvalue weighted by atomic mass is 10.1. The number of pyridine rings is 1. The van der Waals surface area contributed by atoms with E-state index in [1.807, 2.05) is 32.6 Å². The Kier molecular flexibility index (Phi) is 28.7. The van der Waals surface area contributed by atoms with Gasteiger partial charge < -0.3 is 62.5 Å².